The van der Waals surface area contributed by atoms with Crippen LogP contribution in [-0.4, -0.2) is 29.2 Å². The van der Waals surface area contributed by atoms with Gasteiger partial charge in [-0.15, -0.1) is 11.3 Å². The first-order valence-electron chi connectivity index (χ1n) is 9.86. The van der Waals surface area contributed by atoms with Gasteiger partial charge < -0.3 is 10.5 Å². The number of nitrogens with zero attached hydrogens (tertiary/aromatic N) is 2. The zero-order valence-electron chi connectivity index (χ0n) is 16.6. The molecule has 4 rings (SSSR count). The molecule has 0 saturated heterocycles. The summed E-state index contributed by atoms with van der Waals surface area (Å²) < 4.78 is 21.0. The Kier molecular flexibility index (Phi) is 6.34. The number of hydrogen-bond donors (Lipinski definition) is 1. The SMILES string of the molecule is COC1CCn2ncc(Cl)c2-c2cc(C(=O)CC(CN)Cc3cccc(F)c3)sc21. The molecule has 0 amide bonds. The lowest BCUT2D eigenvalue weighted by molar-refractivity contribution is 0.0954. The van der Waals surface area contributed by atoms with Crippen LogP contribution in [0.15, 0.2) is 36.5 Å². The van der Waals surface area contributed by atoms with E-state index in [9.17, 15) is 9.18 Å². The highest BCUT2D eigenvalue weighted by molar-refractivity contribution is 7.14. The van der Waals surface area contributed by atoms with Crippen molar-refractivity contribution in [2.45, 2.75) is 31.9 Å². The standard InChI is InChI=1S/C22H23ClFN3O2S/c1-29-19-5-6-27-21(17(23)12-26-27)16-10-20(30-22(16)19)18(28)9-14(11-25)7-13-3-2-4-15(24)8-13/h2-4,8,10,12,14,19H,5-7,9,11,25H2,1H3. The zero-order chi connectivity index (χ0) is 21.3. The minimum atomic E-state index is -0.282. The van der Waals surface area contributed by atoms with Crippen LogP contribution >= 0.6 is 22.9 Å². The monoisotopic (exact) mass is 447 g/mol. The van der Waals surface area contributed by atoms with Gasteiger partial charge in [-0.1, -0.05) is 23.7 Å². The third-order valence-electron chi connectivity index (χ3n) is 5.49. The Morgan fingerprint density at radius 1 is 1.47 bits per heavy atom. The average molecular weight is 448 g/mol. The van der Waals surface area contributed by atoms with E-state index in [1.807, 2.05) is 16.8 Å². The molecule has 0 fully saturated rings. The number of nitrogens with two attached hydrogens (primary N) is 1. The van der Waals surface area contributed by atoms with E-state index in [-0.39, 0.29) is 23.6 Å². The lowest BCUT2D eigenvalue weighted by Gasteiger charge is -2.14. The number of benzene rings is 1. The van der Waals surface area contributed by atoms with Gasteiger partial charge >= 0.3 is 0 Å². The number of ether oxygens (including phenoxy) is 1. The summed E-state index contributed by atoms with van der Waals surface area (Å²) in [7, 11) is 1.68. The van der Waals surface area contributed by atoms with Crippen molar-refractivity contribution < 1.29 is 13.9 Å². The van der Waals surface area contributed by atoms with E-state index in [1.165, 1.54) is 23.5 Å². The van der Waals surface area contributed by atoms with Crippen molar-refractivity contribution >= 4 is 28.7 Å². The molecule has 0 saturated carbocycles. The van der Waals surface area contributed by atoms with Gasteiger partial charge in [0.2, 0.25) is 0 Å². The molecule has 8 heteroatoms. The van der Waals surface area contributed by atoms with Crippen LogP contribution in [0.2, 0.25) is 5.02 Å². The second kappa shape index (κ2) is 8.98. The summed E-state index contributed by atoms with van der Waals surface area (Å²) >= 11 is 7.85. The van der Waals surface area contributed by atoms with Crippen molar-refractivity contribution in [1.82, 2.24) is 9.78 Å². The first-order valence-corrected chi connectivity index (χ1v) is 11.1. The molecule has 1 aliphatic rings. The van der Waals surface area contributed by atoms with Crippen molar-refractivity contribution in [1.29, 1.82) is 0 Å². The molecule has 0 spiro atoms. The van der Waals surface area contributed by atoms with Gasteiger partial charge in [0.25, 0.3) is 0 Å². The van der Waals surface area contributed by atoms with Gasteiger partial charge in [0.05, 0.1) is 27.9 Å². The second-order valence-corrected chi connectivity index (χ2v) is 9.02. The third kappa shape index (κ3) is 4.21. The maximum atomic E-state index is 13.5. The van der Waals surface area contributed by atoms with E-state index in [0.717, 1.165) is 28.1 Å². The molecule has 2 atom stereocenters. The molecule has 1 aromatic carbocycles. The van der Waals surface area contributed by atoms with E-state index in [1.54, 1.807) is 19.4 Å². The first kappa shape index (κ1) is 21.2. The van der Waals surface area contributed by atoms with Crippen molar-refractivity contribution in [3.63, 3.8) is 0 Å². The molecule has 5 nitrogen and oxygen atoms in total. The molecule has 1 aliphatic heterocycles. The quantitative estimate of drug-likeness (QED) is 0.524. The molecular weight excluding hydrogens is 425 g/mol. The molecular formula is C22H23ClFN3O2S. The summed E-state index contributed by atoms with van der Waals surface area (Å²) in [6.07, 6.45) is 3.15. The number of halogens is 2. The van der Waals surface area contributed by atoms with Gasteiger partial charge in [-0.2, -0.15) is 5.10 Å². The molecule has 3 heterocycles. The van der Waals surface area contributed by atoms with Crippen molar-refractivity contribution in [2.75, 3.05) is 13.7 Å². The van der Waals surface area contributed by atoms with Crippen LogP contribution in [0.4, 0.5) is 4.39 Å². The number of methoxy groups -OCH3 is 1. The number of carbonyl (C=O) groups is 1. The van der Waals surface area contributed by atoms with Crippen molar-refractivity contribution in [3.05, 3.63) is 62.7 Å². The fourth-order valence-electron chi connectivity index (χ4n) is 3.96. The Morgan fingerprint density at radius 3 is 3.03 bits per heavy atom. The van der Waals surface area contributed by atoms with Crippen LogP contribution in [0, 0.1) is 11.7 Å². The zero-order valence-corrected chi connectivity index (χ0v) is 18.2. The van der Waals surface area contributed by atoms with Crippen LogP contribution in [0.3, 0.4) is 0 Å². The molecule has 0 radical (unpaired) electrons. The minimum absolute atomic E-state index is 0.0250. The number of fused-ring (bicyclic) bond motifs is 3. The van der Waals surface area contributed by atoms with E-state index >= 15 is 0 Å². The lowest BCUT2D eigenvalue weighted by Crippen LogP contribution is -2.20. The number of aryl methyl sites for hydroxylation is 1. The summed E-state index contributed by atoms with van der Waals surface area (Å²) in [5.74, 6) is -0.318. The van der Waals surface area contributed by atoms with Crippen LogP contribution in [0.1, 0.15) is 39.1 Å². The summed E-state index contributed by atoms with van der Waals surface area (Å²) in [6, 6.07) is 8.33. The number of Topliss-reactive ketones (excluding diaryl/α,β-unsaturated/α-hetero) is 1. The molecule has 0 bridgehead atoms. The van der Waals surface area contributed by atoms with Crippen LogP contribution < -0.4 is 5.73 Å². The normalized spacial score (nSPS) is 16.6. The fourth-order valence-corrected chi connectivity index (χ4v) is 5.43. The Labute approximate surface area is 183 Å². The predicted octanol–water partition coefficient (Wildman–Crippen LogP) is 4.89. The summed E-state index contributed by atoms with van der Waals surface area (Å²) in [4.78, 5) is 14.7. The number of carbonyl (C=O) groups excluding carboxylic acids is 1. The molecule has 158 valence electrons. The van der Waals surface area contributed by atoms with E-state index in [0.29, 0.717) is 35.8 Å². The molecule has 3 aromatic rings. The summed E-state index contributed by atoms with van der Waals surface area (Å²) in [5.41, 5.74) is 8.50. The molecule has 2 N–H and O–H groups in total. The minimum Gasteiger partial charge on any atom is -0.376 e. The van der Waals surface area contributed by atoms with E-state index in [4.69, 9.17) is 22.1 Å². The number of hydrogen-bond acceptors (Lipinski definition) is 5. The van der Waals surface area contributed by atoms with Crippen LogP contribution in [0.5, 0.6) is 0 Å². The van der Waals surface area contributed by atoms with Crippen molar-refractivity contribution in [2.24, 2.45) is 11.7 Å². The molecule has 0 aliphatic carbocycles. The second-order valence-electron chi connectivity index (χ2n) is 7.53. The number of ketones is 1. The molecule has 30 heavy (non-hydrogen) atoms. The highest BCUT2D eigenvalue weighted by atomic mass is 35.5. The number of rotatable bonds is 7. The Hall–Kier alpha value is -2.06. The summed E-state index contributed by atoms with van der Waals surface area (Å²) in [6.45, 7) is 1.06. The fraction of sp³-hybridized carbons (Fsp3) is 0.364. The lowest BCUT2D eigenvalue weighted by atomic mass is 9.93. The van der Waals surface area contributed by atoms with Gasteiger partial charge in [-0.3, -0.25) is 9.48 Å². The smallest absolute Gasteiger partial charge is 0.173 e. The summed E-state index contributed by atoms with van der Waals surface area (Å²) in [5, 5.41) is 4.92. The van der Waals surface area contributed by atoms with E-state index in [2.05, 4.69) is 5.10 Å². The Bertz CT molecular complexity index is 1060. The van der Waals surface area contributed by atoms with Crippen molar-refractivity contribution in [3.8, 4) is 11.3 Å². The topological polar surface area (TPSA) is 70.1 Å². The van der Waals surface area contributed by atoms with Gasteiger partial charge in [-0.25, -0.2) is 4.39 Å². The highest BCUT2D eigenvalue weighted by Crippen LogP contribution is 2.44. The maximum absolute atomic E-state index is 13.5. The Balaban J connectivity index is 1.59. The van der Waals surface area contributed by atoms with Gasteiger partial charge in [0.1, 0.15) is 5.82 Å². The highest BCUT2D eigenvalue weighted by Gasteiger charge is 2.29. The number of aromatic nitrogens is 2. The van der Waals surface area contributed by atoms with Gasteiger partial charge in [0, 0.05) is 30.5 Å². The third-order valence-corrected chi connectivity index (χ3v) is 7.03. The molecule has 2 aromatic heterocycles. The predicted molar refractivity (Wildman–Crippen MR) is 117 cm³/mol. The Morgan fingerprint density at radius 2 is 2.30 bits per heavy atom. The largest absolute Gasteiger partial charge is 0.376 e. The van der Waals surface area contributed by atoms with Gasteiger partial charge in [0.15, 0.2) is 5.78 Å². The van der Waals surface area contributed by atoms with E-state index < -0.39 is 0 Å². The van der Waals surface area contributed by atoms with Gasteiger partial charge in [-0.05, 0) is 49.1 Å². The maximum Gasteiger partial charge on any atom is 0.173 e. The molecule has 2 unspecified atom stereocenters. The average Bonchev–Trinajstić information content (AvgIpc) is 3.28. The van der Waals surface area contributed by atoms with Crippen LogP contribution in [-0.2, 0) is 17.7 Å². The van der Waals surface area contributed by atoms with Crippen LogP contribution in [0.25, 0.3) is 11.3 Å². The first-order chi connectivity index (χ1) is 14.5. The number of thiophene rings is 1.